The number of ether oxygens (including phenoxy) is 2. The van der Waals surface area contributed by atoms with E-state index in [0.717, 1.165) is 0 Å². The van der Waals surface area contributed by atoms with Crippen LogP contribution in [0.2, 0.25) is 0 Å². The van der Waals surface area contributed by atoms with Crippen LogP contribution in [0.1, 0.15) is 45.7 Å². The van der Waals surface area contributed by atoms with Gasteiger partial charge in [0.2, 0.25) is 0 Å². The summed E-state index contributed by atoms with van der Waals surface area (Å²) in [5, 5.41) is 13.1. The van der Waals surface area contributed by atoms with Crippen LogP contribution in [0.25, 0.3) is 0 Å². The Hall–Kier alpha value is -2.44. The zero-order valence-corrected chi connectivity index (χ0v) is 12.3. The average Bonchev–Trinajstić information content (AvgIpc) is 2.39. The van der Waals surface area contributed by atoms with Crippen molar-refractivity contribution in [2.24, 2.45) is 5.18 Å². The number of nitrogens with zero attached hydrogens (tertiary/aromatic N) is 1. The maximum absolute atomic E-state index is 11.9. The second-order valence-corrected chi connectivity index (χ2v) is 4.23. The molecule has 0 fully saturated rings. The summed E-state index contributed by atoms with van der Waals surface area (Å²) < 4.78 is 9.66. The summed E-state index contributed by atoms with van der Waals surface area (Å²) in [5.74, 6) is -2.22. The fourth-order valence-electron chi connectivity index (χ4n) is 2.04. The van der Waals surface area contributed by atoms with Gasteiger partial charge in [-0.05, 0) is 44.0 Å². The van der Waals surface area contributed by atoms with Crippen molar-refractivity contribution in [2.45, 2.75) is 27.7 Å². The van der Waals surface area contributed by atoms with E-state index in [-0.39, 0.29) is 41.2 Å². The van der Waals surface area contributed by atoms with Crippen molar-refractivity contribution >= 4 is 17.6 Å². The van der Waals surface area contributed by atoms with Crippen LogP contribution in [-0.4, -0.2) is 30.3 Å². The number of phenolic OH excluding ortho intramolecular Hbond substituents is 1. The lowest BCUT2D eigenvalue weighted by Gasteiger charge is -2.15. The van der Waals surface area contributed by atoms with Gasteiger partial charge in [-0.2, -0.15) is 0 Å². The summed E-state index contributed by atoms with van der Waals surface area (Å²) in [4.78, 5) is 34.8. The number of phenols is 1. The average molecular weight is 295 g/mol. The maximum atomic E-state index is 11.9. The molecule has 1 N–H and O–H groups in total. The third-order valence-corrected chi connectivity index (χ3v) is 2.98. The van der Waals surface area contributed by atoms with Crippen molar-refractivity contribution in [3.8, 4) is 5.75 Å². The van der Waals surface area contributed by atoms with Crippen LogP contribution in [-0.2, 0) is 9.47 Å². The van der Waals surface area contributed by atoms with E-state index < -0.39 is 17.7 Å². The Morgan fingerprint density at radius 1 is 1.00 bits per heavy atom. The molecule has 0 aliphatic carbocycles. The molecule has 0 saturated heterocycles. The highest BCUT2D eigenvalue weighted by Crippen LogP contribution is 2.38. The molecule has 0 bridgehead atoms. The summed E-state index contributed by atoms with van der Waals surface area (Å²) in [6.45, 7) is 6.27. The smallest absolute Gasteiger partial charge is 0.342 e. The molecule has 0 spiro atoms. The quantitative estimate of drug-likeness (QED) is 0.662. The molecule has 0 aliphatic rings. The lowest BCUT2D eigenvalue weighted by molar-refractivity contribution is 0.0518. The second kappa shape index (κ2) is 6.83. The van der Waals surface area contributed by atoms with Gasteiger partial charge in [-0.3, -0.25) is 0 Å². The van der Waals surface area contributed by atoms with Crippen molar-refractivity contribution in [3.05, 3.63) is 27.2 Å². The zero-order chi connectivity index (χ0) is 16.2. The molecule has 0 amide bonds. The van der Waals surface area contributed by atoms with Gasteiger partial charge in [0.15, 0.2) is 0 Å². The number of hydrogen-bond acceptors (Lipinski definition) is 7. The molecular weight excluding hydrogens is 278 g/mol. The fourth-order valence-corrected chi connectivity index (χ4v) is 2.04. The molecule has 0 unspecified atom stereocenters. The number of carbonyl (C=O) groups excluding carboxylic acids is 2. The highest BCUT2D eigenvalue weighted by Gasteiger charge is 2.29. The van der Waals surface area contributed by atoms with Gasteiger partial charge in [0, 0.05) is 0 Å². The summed E-state index contributed by atoms with van der Waals surface area (Å²) in [7, 11) is 0. The van der Waals surface area contributed by atoms with Crippen molar-refractivity contribution in [2.75, 3.05) is 13.2 Å². The number of carbonyl (C=O) groups is 2. The first-order chi connectivity index (χ1) is 9.90. The van der Waals surface area contributed by atoms with Crippen LogP contribution in [0.15, 0.2) is 5.18 Å². The van der Waals surface area contributed by atoms with Crippen LogP contribution in [0.3, 0.4) is 0 Å². The van der Waals surface area contributed by atoms with E-state index in [0.29, 0.717) is 0 Å². The SMILES string of the molecule is CCOC(=O)c1c(C)c(N=O)c(C)c(C(=O)OCC)c1O. The minimum atomic E-state index is -0.831. The Labute approximate surface area is 121 Å². The summed E-state index contributed by atoms with van der Waals surface area (Å²) in [5.41, 5.74) is -0.267. The molecule has 0 radical (unpaired) electrons. The third-order valence-electron chi connectivity index (χ3n) is 2.98. The molecule has 7 nitrogen and oxygen atoms in total. The van der Waals surface area contributed by atoms with Gasteiger partial charge in [-0.25, -0.2) is 9.59 Å². The number of benzene rings is 1. The van der Waals surface area contributed by atoms with Gasteiger partial charge in [-0.15, -0.1) is 4.91 Å². The topological polar surface area (TPSA) is 102 Å². The first-order valence-corrected chi connectivity index (χ1v) is 6.44. The Kier molecular flexibility index (Phi) is 5.40. The van der Waals surface area contributed by atoms with E-state index in [2.05, 4.69) is 5.18 Å². The van der Waals surface area contributed by atoms with Gasteiger partial charge in [0.1, 0.15) is 22.6 Å². The van der Waals surface area contributed by atoms with Gasteiger partial charge in [-0.1, -0.05) is 0 Å². The van der Waals surface area contributed by atoms with E-state index >= 15 is 0 Å². The van der Waals surface area contributed by atoms with Crippen LogP contribution in [0.4, 0.5) is 5.69 Å². The molecule has 1 aromatic rings. The van der Waals surface area contributed by atoms with E-state index in [4.69, 9.17) is 9.47 Å². The molecule has 1 aromatic carbocycles. The molecule has 1 rings (SSSR count). The lowest BCUT2D eigenvalue weighted by atomic mass is 9.95. The van der Waals surface area contributed by atoms with Crippen molar-refractivity contribution in [3.63, 3.8) is 0 Å². The minimum Gasteiger partial charge on any atom is -0.506 e. The zero-order valence-electron chi connectivity index (χ0n) is 12.3. The lowest BCUT2D eigenvalue weighted by Crippen LogP contribution is -2.13. The molecular formula is C14H17NO6. The Morgan fingerprint density at radius 3 is 1.67 bits per heavy atom. The molecule has 21 heavy (non-hydrogen) atoms. The second-order valence-electron chi connectivity index (χ2n) is 4.23. The predicted molar refractivity (Wildman–Crippen MR) is 74.9 cm³/mol. The first-order valence-electron chi connectivity index (χ1n) is 6.44. The summed E-state index contributed by atoms with van der Waals surface area (Å²) >= 11 is 0. The molecule has 0 heterocycles. The maximum Gasteiger partial charge on any atom is 0.342 e. The third kappa shape index (κ3) is 3.01. The van der Waals surface area contributed by atoms with E-state index in [9.17, 15) is 19.6 Å². The van der Waals surface area contributed by atoms with Gasteiger partial charge >= 0.3 is 11.9 Å². The van der Waals surface area contributed by atoms with Crippen LogP contribution in [0, 0.1) is 18.8 Å². The number of hydrogen-bond donors (Lipinski definition) is 1. The van der Waals surface area contributed by atoms with Gasteiger partial charge in [0.25, 0.3) is 0 Å². The summed E-state index contributed by atoms with van der Waals surface area (Å²) in [6.07, 6.45) is 0. The largest absolute Gasteiger partial charge is 0.506 e. The van der Waals surface area contributed by atoms with Crippen LogP contribution < -0.4 is 0 Å². The predicted octanol–water partition coefficient (Wildman–Crippen LogP) is 2.76. The van der Waals surface area contributed by atoms with E-state index in [1.54, 1.807) is 13.8 Å². The van der Waals surface area contributed by atoms with E-state index in [1.165, 1.54) is 13.8 Å². The molecule has 0 aliphatic heterocycles. The Bertz CT molecular complexity index is 549. The highest BCUT2D eigenvalue weighted by molar-refractivity contribution is 6.04. The summed E-state index contributed by atoms with van der Waals surface area (Å²) in [6, 6.07) is 0. The molecule has 114 valence electrons. The first kappa shape index (κ1) is 16.6. The van der Waals surface area contributed by atoms with E-state index in [1.807, 2.05) is 0 Å². The number of aromatic hydroxyl groups is 1. The molecule has 0 saturated carbocycles. The number of rotatable bonds is 5. The Morgan fingerprint density at radius 2 is 1.38 bits per heavy atom. The van der Waals surface area contributed by atoms with Crippen molar-refractivity contribution < 1.29 is 24.2 Å². The number of nitroso groups, excluding NO2 is 1. The fraction of sp³-hybridized carbons (Fsp3) is 0.429. The molecule has 0 aromatic heterocycles. The monoisotopic (exact) mass is 295 g/mol. The standard InChI is InChI=1S/C14H17NO6/c1-5-20-13(17)9-7(3)11(15-19)8(4)10(12(9)16)14(18)21-6-2/h16H,5-6H2,1-4H3. The minimum absolute atomic E-state index is 0.0843. The van der Waals surface area contributed by atoms with Crippen LogP contribution in [0.5, 0.6) is 5.75 Å². The van der Waals surface area contributed by atoms with Gasteiger partial charge in [0.05, 0.1) is 13.2 Å². The van der Waals surface area contributed by atoms with Crippen molar-refractivity contribution in [1.29, 1.82) is 0 Å². The normalized spacial score (nSPS) is 10.1. The number of esters is 2. The molecule has 7 heteroatoms. The van der Waals surface area contributed by atoms with Gasteiger partial charge < -0.3 is 14.6 Å². The van der Waals surface area contributed by atoms with Crippen molar-refractivity contribution in [1.82, 2.24) is 0 Å². The molecule has 0 atom stereocenters. The Balaban J connectivity index is 3.66. The highest BCUT2D eigenvalue weighted by atomic mass is 16.5. The van der Waals surface area contributed by atoms with Crippen LogP contribution >= 0.6 is 0 Å².